The number of aromatic hydroxyl groups is 1. The third kappa shape index (κ3) is 4.78. The normalized spacial score (nSPS) is 25.2. The summed E-state index contributed by atoms with van der Waals surface area (Å²) in [6.45, 7) is 4.43. The second-order valence-corrected chi connectivity index (χ2v) is 9.07. The van der Waals surface area contributed by atoms with Gasteiger partial charge < -0.3 is 19.9 Å². The first-order valence-corrected chi connectivity index (χ1v) is 12.0. The highest BCUT2D eigenvalue weighted by atomic mass is 32.1. The molecule has 0 bridgehead atoms. The van der Waals surface area contributed by atoms with Gasteiger partial charge in [0.25, 0.3) is 5.56 Å². The standard InChI is InChI=1S/C27H27N3O4S/c1-2-13-30-25(32)20(24(31)29-27(30)35)14-19-15-21(17-9-5-3-6-10-17)28-22-16-33-26(34-23(19)22)18-11-7-4-8-12-18/h2-12,14,21-23,26,28,32H,1,13,15-16H2,(H,29,31,35). The van der Waals surface area contributed by atoms with Crippen molar-refractivity contribution in [2.24, 2.45) is 0 Å². The Morgan fingerprint density at radius 2 is 1.80 bits per heavy atom. The molecule has 3 aromatic rings. The number of hydrogen-bond acceptors (Lipinski definition) is 6. The molecule has 0 radical (unpaired) electrons. The van der Waals surface area contributed by atoms with Crippen LogP contribution in [0.2, 0.25) is 0 Å². The number of H-pyrrole nitrogens is 1. The van der Waals surface area contributed by atoms with Crippen LogP contribution in [-0.2, 0) is 16.0 Å². The summed E-state index contributed by atoms with van der Waals surface area (Å²) in [5.74, 6) is -0.191. The predicted molar refractivity (Wildman–Crippen MR) is 136 cm³/mol. The molecule has 180 valence electrons. The minimum atomic E-state index is -0.525. The predicted octanol–water partition coefficient (Wildman–Crippen LogP) is 4.40. The molecule has 3 heterocycles. The maximum atomic E-state index is 12.8. The van der Waals surface area contributed by atoms with Crippen molar-refractivity contribution in [2.75, 3.05) is 6.61 Å². The molecule has 4 unspecified atom stereocenters. The number of hydrogen-bond donors (Lipinski definition) is 3. The third-order valence-corrected chi connectivity index (χ3v) is 6.73. The SMILES string of the molecule is C=CCn1c(O)c(C=C2CC(c3ccccc3)NC3COC(c4ccccc4)OC23)c(=O)[nH]c1=S. The number of allylic oxidation sites excluding steroid dienone is 1. The van der Waals surface area contributed by atoms with Gasteiger partial charge in [0.05, 0.1) is 24.3 Å². The molecule has 2 aromatic carbocycles. The first-order chi connectivity index (χ1) is 17.0. The van der Waals surface area contributed by atoms with Crippen LogP contribution in [0.1, 0.15) is 35.4 Å². The van der Waals surface area contributed by atoms with Gasteiger partial charge in [-0.25, -0.2) is 0 Å². The zero-order chi connectivity index (χ0) is 24.4. The molecule has 4 atom stereocenters. The number of benzene rings is 2. The summed E-state index contributed by atoms with van der Waals surface area (Å²) in [5.41, 5.74) is 2.65. The molecule has 0 amide bonds. The Morgan fingerprint density at radius 1 is 1.11 bits per heavy atom. The maximum absolute atomic E-state index is 12.8. The number of aromatic nitrogens is 2. The van der Waals surface area contributed by atoms with Gasteiger partial charge in [0.2, 0.25) is 5.88 Å². The van der Waals surface area contributed by atoms with Crippen molar-refractivity contribution in [3.63, 3.8) is 0 Å². The summed E-state index contributed by atoms with van der Waals surface area (Å²) in [6.07, 6.45) is 3.09. The summed E-state index contributed by atoms with van der Waals surface area (Å²) >= 11 is 5.23. The Kier molecular flexibility index (Phi) is 6.79. The Bertz CT molecular complexity index is 1350. The van der Waals surface area contributed by atoms with E-state index < -0.39 is 11.8 Å². The average molecular weight is 490 g/mol. The largest absolute Gasteiger partial charge is 0.494 e. The highest BCUT2D eigenvalue weighted by Crippen LogP contribution is 2.38. The van der Waals surface area contributed by atoms with Crippen LogP contribution in [0, 0.1) is 4.77 Å². The van der Waals surface area contributed by atoms with Crippen LogP contribution in [0.25, 0.3) is 6.08 Å². The van der Waals surface area contributed by atoms with E-state index in [2.05, 4.69) is 29.0 Å². The summed E-state index contributed by atoms with van der Waals surface area (Å²) in [7, 11) is 0. The molecular weight excluding hydrogens is 462 g/mol. The summed E-state index contributed by atoms with van der Waals surface area (Å²) in [5, 5.41) is 14.6. The van der Waals surface area contributed by atoms with Crippen molar-refractivity contribution < 1.29 is 14.6 Å². The van der Waals surface area contributed by atoms with Crippen LogP contribution < -0.4 is 10.9 Å². The highest BCUT2D eigenvalue weighted by molar-refractivity contribution is 7.71. The van der Waals surface area contributed by atoms with Crippen molar-refractivity contribution in [2.45, 2.75) is 37.4 Å². The van der Waals surface area contributed by atoms with Crippen molar-refractivity contribution in [1.82, 2.24) is 14.9 Å². The van der Waals surface area contributed by atoms with E-state index in [1.54, 1.807) is 12.2 Å². The molecule has 2 fully saturated rings. The van der Waals surface area contributed by atoms with E-state index in [9.17, 15) is 9.90 Å². The van der Waals surface area contributed by atoms with Gasteiger partial charge in [-0.1, -0.05) is 66.7 Å². The Hall–Kier alpha value is -3.30. The van der Waals surface area contributed by atoms with Gasteiger partial charge in [-0.2, -0.15) is 0 Å². The van der Waals surface area contributed by atoms with Gasteiger partial charge >= 0.3 is 0 Å². The molecule has 0 aliphatic carbocycles. The fourth-order valence-electron chi connectivity index (χ4n) is 4.71. The van der Waals surface area contributed by atoms with Crippen LogP contribution in [-0.4, -0.2) is 33.4 Å². The van der Waals surface area contributed by atoms with E-state index in [-0.39, 0.29) is 40.9 Å². The Labute approximate surface area is 208 Å². The summed E-state index contributed by atoms with van der Waals surface area (Å²) in [4.78, 5) is 15.5. The second kappa shape index (κ2) is 10.1. The van der Waals surface area contributed by atoms with E-state index >= 15 is 0 Å². The van der Waals surface area contributed by atoms with Crippen LogP contribution in [0.3, 0.4) is 0 Å². The fourth-order valence-corrected chi connectivity index (χ4v) is 4.96. The summed E-state index contributed by atoms with van der Waals surface area (Å²) < 4.78 is 14.1. The number of piperidine rings is 1. The quantitative estimate of drug-likeness (QED) is 0.364. The van der Waals surface area contributed by atoms with Crippen LogP contribution >= 0.6 is 12.2 Å². The second-order valence-electron chi connectivity index (χ2n) is 8.69. The summed E-state index contributed by atoms with van der Waals surface area (Å²) in [6, 6.07) is 19.8. The minimum Gasteiger partial charge on any atom is -0.494 e. The van der Waals surface area contributed by atoms with Crippen LogP contribution in [0.5, 0.6) is 5.88 Å². The highest BCUT2D eigenvalue weighted by Gasteiger charge is 2.40. The van der Waals surface area contributed by atoms with Crippen molar-refractivity contribution >= 4 is 18.3 Å². The lowest BCUT2D eigenvalue weighted by Gasteiger charge is -2.44. The number of nitrogens with one attached hydrogen (secondary N) is 2. The molecule has 3 N–H and O–H groups in total. The van der Waals surface area contributed by atoms with E-state index in [1.807, 2.05) is 48.5 Å². The molecule has 35 heavy (non-hydrogen) atoms. The number of ether oxygens (including phenoxy) is 2. The lowest BCUT2D eigenvalue weighted by molar-refractivity contribution is -0.224. The Morgan fingerprint density at radius 3 is 2.49 bits per heavy atom. The van der Waals surface area contributed by atoms with E-state index in [0.717, 1.165) is 16.7 Å². The topological polar surface area (TPSA) is 88.5 Å². The van der Waals surface area contributed by atoms with E-state index in [1.165, 1.54) is 4.57 Å². The van der Waals surface area contributed by atoms with Gasteiger partial charge in [-0.05, 0) is 35.9 Å². The van der Waals surface area contributed by atoms with Crippen molar-refractivity contribution in [3.8, 4) is 5.88 Å². The smallest absolute Gasteiger partial charge is 0.262 e. The van der Waals surface area contributed by atoms with Gasteiger partial charge in [0, 0.05) is 18.2 Å². The lowest BCUT2D eigenvalue weighted by atomic mass is 9.86. The molecule has 8 heteroatoms. The van der Waals surface area contributed by atoms with Crippen molar-refractivity contribution in [1.29, 1.82) is 0 Å². The monoisotopic (exact) mass is 489 g/mol. The van der Waals surface area contributed by atoms with Gasteiger partial charge in [-0.15, -0.1) is 6.58 Å². The first kappa shape index (κ1) is 23.4. The number of fused-ring (bicyclic) bond motifs is 1. The molecule has 5 rings (SSSR count). The fraction of sp³-hybridized carbons (Fsp3) is 0.259. The molecule has 0 spiro atoms. The first-order valence-electron chi connectivity index (χ1n) is 11.6. The molecular formula is C27H27N3O4S. The van der Waals surface area contributed by atoms with Gasteiger partial charge in [0.1, 0.15) is 0 Å². The minimum absolute atomic E-state index is 0.00363. The lowest BCUT2D eigenvalue weighted by Crippen LogP contribution is -2.54. The van der Waals surface area contributed by atoms with Crippen LogP contribution in [0.15, 0.2) is 83.7 Å². The van der Waals surface area contributed by atoms with Gasteiger partial charge in [0.15, 0.2) is 11.1 Å². The van der Waals surface area contributed by atoms with Gasteiger partial charge in [-0.3, -0.25) is 14.3 Å². The molecule has 7 nitrogen and oxygen atoms in total. The zero-order valence-electron chi connectivity index (χ0n) is 19.1. The van der Waals surface area contributed by atoms with Crippen LogP contribution in [0.4, 0.5) is 0 Å². The molecule has 0 saturated carbocycles. The molecule has 2 aliphatic heterocycles. The molecule has 2 aliphatic rings. The van der Waals surface area contributed by atoms with E-state index in [0.29, 0.717) is 13.0 Å². The number of rotatable bonds is 5. The average Bonchev–Trinajstić information content (AvgIpc) is 2.89. The third-order valence-electron chi connectivity index (χ3n) is 6.41. The zero-order valence-corrected chi connectivity index (χ0v) is 19.9. The number of aromatic amines is 1. The number of nitrogens with zero attached hydrogens (tertiary/aromatic N) is 1. The maximum Gasteiger partial charge on any atom is 0.262 e. The van der Waals surface area contributed by atoms with Crippen molar-refractivity contribution in [3.05, 3.63) is 111 Å². The van der Waals surface area contributed by atoms with E-state index in [4.69, 9.17) is 21.7 Å². The molecule has 1 aromatic heterocycles. The molecule has 2 saturated heterocycles. The Balaban J connectivity index is 1.57.